The van der Waals surface area contributed by atoms with Crippen LogP contribution in [0.25, 0.3) is 27.7 Å². The molecule has 5 aromatic rings. The highest BCUT2D eigenvalue weighted by Gasteiger charge is 2.21. The maximum atomic E-state index is 13.0. The molecule has 0 fully saturated rings. The first-order valence-electron chi connectivity index (χ1n) is 11.7. The highest BCUT2D eigenvalue weighted by atomic mass is 31.2. The fourth-order valence-corrected chi connectivity index (χ4v) is 5.26. The van der Waals surface area contributed by atoms with Gasteiger partial charge in [0.25, 0.3) is 0 Å². The number of hydrogen-bond acceptors (Lipinski definition) is 5. The van der Waals surface area contributed by atoms with Crippen molar-refractivity contribution in [3.8, 4) is 16.9 Å². The van der Waals surface area contributed by atoms with Crippen LogP contribution < -0.4 is 15.4 Å². The largest absolute Gasteiger partial charge is 0.487 e. The topological polar surface area (TPSA) is 101 Å². The monoisotopic (exact) mass is 501 g/mol. The van der Waals surface area contributed by atoms with Gasteiger partial charge in [0.15, 0.2) is 5.65 Å². The van der Waals surface area contributed by atoms with Crippen LogP contribution >= 0.6 is 7.14 Å². The molecular formula is C27H28N5O3P. The average Bonchev–Trinajstić information content (AvgIpc) is 3.43. The Morgan fingerprint density at radius 1 is 1.14 bits per heavy atom. The lowest BCUT2D eigenvalue weighted by molar-refractivity contribution is -0.118. The lowest BCUT2D eigenvalue weighted by Crippen LogP contribution is -2.22. The minimum absolute atomic E-state index is 0.131. The molecule has 3 aromatic heterocycles. The van der Waals surface area contributed by atoms with Gasteiger partial charge in [-0.3, -0.25) is 9.89 Å². The Balaban J connectivity index is 1.65. The Morgan fingerprint density at radius 2 is 1.92 bits per heavy atom. The van der Waals surface area contributed by atoms with E-state index in [-0.39, 0.29) is 11.8 Å². The van der Waals surface area contributed by atoms with Crippen molar-refractivity contribution < 1.29 is 14.1 Å². The summed E-state index contributed by atoms with van der Waals surface area (Å²) in [6, 6.07) is 17.6. The third-order valence-corrected chi connectivity index (χ3v) is 7.57. The molecule has 9 heteroatoms. The number of benzene rings is 2. The minimum Gasteiger partial charge on any atom is -0.487 e. The van der Waals surface area contributed by atoms with Gasteiger partial charge in [0.1, 0.15) is 19.5 Å². The van der Waals surface area contributed by atoms with E-state index in [2.05, 4.69) is 20.6 Å². The molecule has 0 aliphatic heterocycles. The first kappa shape index (κ1) is 23.8. The highest BCUT2D eigenvalue weighted by molar-refractivity contribution is 7.70. The fourth-order valence-electron chi connectivity index (χ4n) is 4.13. The molecule has 8 nitrogen and oxygen atoms in total. The van der Waals surface area contributed by atoms with E-state index in [1.807, 2.05) is 74.6 Å². The second kappa shape index (κ2) is 9.28. The molecule has 1 amide bonds. The number of hydrogen-bond donors (Lipinski definition) is 2. The Labute approximate surface area is 209 Å². The van der Waals surface area contributed by atoms with Crippen molar-refractivity contribution in [1.82, 2.24) is 19.8 Å². The van der Waals surface area contributed by atoms with Gasteiger partial charge in [0.2, 0.25) is 5.91 Å². The summed E-state index contributed by atoms with van der Waals surface area (Å²) in [5.74, 6) is 0.304. The van der Waals surface area contributed by atoms with Crippen molar-refractivity contribution in [2.24, 2.45) is 5.92 Å². The molecule has 0 atom stereocenters. The molecule has 5 rings (SSSR count). The molecule has 0 unspecified atom stereocenters. The Morgan fingerprint density at radius 3 is 2.64 bits per heavy atom. The zero-order valence-electron chi connectivity index (χ0n) is 20.6. The maximum absolute atomic E-state index is 13.0. The van der Waals surface area contributed by atoms with Crippen molar-refractivity contribution in [3.63, 3.8) is 0 Å². The molecule has 3 heterocycles. The lowest BCUT2D eigenvalue weighted by atomic mass is 10.0. The standard InChI is InChI=1S/C27H28N5O3P/c1-17(2)27(33)29-23-12-19(10-11-24(23)36(3,4)34)21-13-20(35-16-18-8-6-5-7-9-18)15-32-25(21)22-14-28-30-26(22)31-32/h5-15,17H,16H2,1-4H3,(H,29,33)(H,30,31). The number of pyridine rings is 1. The molecular weight excluding hydrogens is 473 g/mol. The van der Waals surface area contributed by atoms with Crippen LogP contribution in [-0.2, 0) is 16.0 Å². The normalized spacial score (nSPS) is 11.9. The summed E-state index contributed by atoms with van der Waals surface area (Å²) < 4.78 is 20.9. The molecule has 0 radical (unpaired) electrons. The van der Waals surface area contributed by atoms with Gasteiger partial charge in [0.05, 0.1) is 29.0 Å². The summed E-state index contributed by atoms with van der Waals surface area (Å²) in [5.41, 5.74) is 4.82. The number of H-pyrrole nitrogens is 1. The van der Waals surface area contributed by atoms with Crippen LogP contribution in [0.5, 0.6) is 5.75 Å². The maximum Gasteiger partial charge on any atom is 0.226 e. The van der Waals surface area contributed by atoms with Crippen molar-refractivity contribution in [3.05, 3.63) is 72.6 Å². The van der Waals surface area contributed by atoms with Crippen LogP contribution in [-0.4, -0.2) is 39.0 Å². The van der Waals surface area contributed by atoms with E-state index in [4.69, 9.17) is 4.74 Å². The predicted molar refractivity (Wildman–Crippen MR) is 144 cm³/mol. The summed E-state index contributed by atoms with van der Waals surface area (Å²) in [6.45, 7) is 7.48. The van der Waals surface area contributed by atoms with E-state index < -0.39 is 7.14 Å². The Kier molecular flexibility index (Phi) is 6.14. The zero-order chi connectivity index (χ0) is 25.4. The van der Waals surface area contributed by atoms with Gasteiger partial charge < -0.3 is 14.6 Å². The van der Waals surface area contributed by atoms with Crippen LogP contribution in [0.1, 0.15) is 19.4 Å². The van der Waals surface area contributed by atoms with Gasteiger partial charge >= 0.3 is 0 Å². The molecule has 0 bridgehead atoms. The molecule has 0 spiro atoms. The number of rotatable bonds is 7. The minimum atomic E-state index is -2.65. The number of ether oxygens (including phenoxy) is 1. The summed E-state index contributed by atoms with van der Waals surface area (Å²) >= 11 is 0. The molecule has 184 valence electrons. The van der Waals surface area contributed by atoms with Gasteiger partial charge in [-0.1, -0.05) is 50.2 Å². The molecule has 0 saturated carbocycles. The van der Waals surface area contributed by atoms with Crippen molar-refractivity contribution in [1.29, 1.82) is 0 Å². The van der Waals surface area contributed by atoms with Crippen LogP contribution in [0.4, 0.5) is 5.69 Å². The molecule has 2 aromatic carbocycles. The van der Waals surface area contributed by atoms with E-state index in [1.165, 1.54) is 0 Å². The number of amides is 1. The molecule has 0 saturated heterocycles. The lowest BCUT2D eigenvalue weighted by Gasteiger charge is -2.18. The van der Waals surface area contributed by atoms with Crippen molar-refractivity contribution >= 4 is 40.6 Å². The predicted octanol–water partition coefficient (Wildman–Crippen LogP) is 5.30. The van der Waals surface area contributed by atoms with E-state index in [9.17, 15) is 9.36 Å². The second-order valence-corrected chi connectivity index (χ2v) is 12.7. The van der Waals surface area contributed by atoms with Gasteiger partial charge in [-0.15, -0.1) is 5.10 Å². The Bertz CT molecular complexity index is 1620. The second-order valence-electron chi connectivity index (χ2n) is 9.52. The van der Waals surface area contributed by atoms with Crippen LogP contribution in [0.2, 0.25) is 0 Å². The molecule has 2 N–H and O–H groups in total. The summed E-state index contributed by atoms with van der Waals surface area (Å²) in [6.07, 6.45) is 3.59. The number of anilines is 1. The van der Waals surface area contributed by atoms with E-state index in [0.717, 1.165) is 27.6 Å². The SMILES string of the molecule is CC(C)C(=O)Nc1cc(-c2cc(OCc3ccccc3)cn3nc4[nH]ncc4c23)ccc1P(C)(C)=O. The highest BCUT2D eigenvalue weighted by Crippen LogP contribution is 2.40. The number of nitrogens with zero attached hydrogens (tertiary/aromatic N) is 3. The number of carbonyl (C=O) groups excluding carboxylic acids is 1. The molecule has 0 aliphatic carbocycles. The number of nitrogens with one attached hydrogen (secondary N) is 2. The first-order chi connectivity index (χ1) is 17.2. The van der Waals surface area contributed by atoms with Gasteiger partial charge in [-0.05, 0) is 42.7 Å². The quantitative estimate of drug-likeness (QED) is 0.295. The fraction of sp³-hybridized carbons (Fsp3) is 0.222. The third-order valence-electron chi connectivity index (χ3n) is 6.02. The van der Waals surface area contributed by atoms with Gasteiger partial charge in [-0.2, -0.15) is 5.10 Å². The van der Waals surface area contributed by atoms with Gasteiger partial charge in [-0.25, -0.2) is 4.52 Å². The number of fused-ring (bicyclic) bond motifs is 3. The van der Waals surface area contributed by atoms with Crippen LogP contribution in [0.15, 0.2) is 67.0 Å². The summed E-state index contributed by atoms with van der Waals surface area (Å²) in [5, 5.41) is 16.2. The zero-order valence-corrected chi connectivity index (χ0v) is 21.5. The summed E-state index contributed by atoms with van der Waals surface area (Å²) in [7, 11) is -2.65. The van der Waals surface area contributed by atoms with Gasteiger partial charge in [0, 0.05) is 16.8 Å². The molecule has 0 aliphatic rings. The van der Waals surface area contributed by atoms with Crippen molar-refractivity contribution in [2.75, 3.05) is 18.6 Å². The number of carbonyl (C=O) groups is 1. The summed E-state index contributed by atoms with van der Waals surface area (Å²) in [4.78, 5) is 12.6. The van der Waals surface area contributed by atoms with E-state index in [0.29, 0.717) is 29.0 Å². The van der Waals surface area contributed by atoms with Crippen LogP contribution in [0, 0.1) is 5.92 Å². The first-order valence-corrected chi connectivity index (χ1v) is 14.3. The number of aromatic amines is 1. The van der Waals surface area contributed by atoms with E-state index >= 15 is 0 Å². The molecule has 36 heavy (non-hydrogen) atoms. The number of aromatic nitrogens is 4. The van der Waals surface area contributed by atoms with Crippen molar-refractivity contribution in [2.45, 2.75) is 20.5 Å². The van der Waals surface area contributed by atoms with Crippen LogP contribution in [0.3, 0.4) is 0 Å². The van der Waals surface area contributed by atoms with E-state index in [1.54, 1.807) is 24.0 Å². The Hall–Kier alpha value is -3.90. The smallest absolute Gasteiger partial charge is 0.226 e. The average molecular weight is 502 g/mol. The third kappa shape index (κ3) is 4.64.